The molecule has 0 fully saturated rings. The molecule has 0 aliphatic rings. The van der Waals surface area contributed by atoms with Crippen molar-refractivity contribution in [2.75, 3.05) is 6.54 Å². The summed E-state index contributed by atoms with van der Waals surface area (Å²) < 4.78 is 18.4. The number of benzene rings is 1. The van der Waals surface area contributed by atoms with Crippen molar-refractivity contribution in [2.45, 2.75) is 19.8 Å². The van der Waals surface area contributed by atoms with Crippen molar-refractivity contribution in [3.63, 3.8) is 0 Å². The lowest BCUT2D eigenvalue weighted by molar-refractivity contribution is -0.120. The van der Waals surface area contributed by atoms with Crippen molar-refractivity contribution in [1.29, 1.82) is 0 Å². The average Bonchev–Trinajstić information content (AvgIpc) is 2.69. The van der Waals surface area contributed by atoms with Crippen molar-refractivity contribution < 1.29 is 13.6 Å². The van der Waals surface area contributed by atoms with Crippen molar-refractivity contribution in [2.24, 2.45) is 0 Å². The lowest BCUT2D eigenvalue weighted by atomic mass is 10.1. The lowest BCUT2D eigenvalue weighted by Gasteiger charge is -2.01. The van der Waals surface area contributed by atoms with Crippen molar-refractivity contribution in [3.05, 3.63) is 35.8 Å². The Morgan fingerprint density at radius 3 is 3.06 bits per heavy atom. The van der Waals surface area contributed by atoms with Gasteiger partial charge in [0.2, 0.25) is 5.91 Å². The average molecular weight is 235 g/mol. The number of amides is 1. The summed E-state index contributed by atoms with van der Waals surface area (Å²) in [5, 5.41) is 3.44. The molecule has 2 aromatic rings. The minimum Gasteiger partial charge on any atom is -0.464 e. The zero-order chi connectivity index (χ0) is 12.3. The number of halogens is 1. The van der Waals surface area contributed by atoms with Gasteiger partial charge in [-0.1, -0.05) is 6.92 Å². The van der Waals surface area contributed by atoms with Gasteiger partial charge in [-0.15, -0.1) is 0 Å². The van der Waals surface area contributed by atoms with Gasteiger partial charge in [-0.25, -0.2) is 4.39 Å². The van der Waals surface area contributed by atoms with Crippen LogP contribution in [0.2, 0.25) is 0 Å². The zero-order valence-corrected chi connectivity index (χ0v) is 9.63. The van der Waals surface area contributed by atoms with E-state index < -0.39 is 0 Å². The van der Waals surface area contributed by atoms with Crippen LogP contribution < -0.4 is 5.32 Å². The summed E-state index contributed by atoms with van der Waals surface area (Å²) in [6, 6.07) is 4.30. The van der Waals surface area contributed by atoms with Crippen LogP contribution in [0.1, 0.15) is 18.9 Å². The summed E-state index contributed by atoms with van der Waals surface area (Å²) in [5.74, 6) is -0.395. The van der Waals surface area contributed by atoms with Crippen LogP contribution in [0.5, 0.6) is 0 Å². The van der Waals surface area contributed by atoms with E-state index in [0.29, 0.717) is 23.1 Å². The number of nitrogens with one attached hydrogen (secondary N) is 1. The molecule has 1 heterocycles. The minimum absolute atomic E-state index is 0.0705. The molecule has 0 unspecified atom stereocenters. The molecule has 1 aromatic heterocycles. The molecule has 0 saturated carbocycles. The summed E-state index contributed by atoms with van der Waals surface area (Å²) in [6.07, 6.45) is 2.62. The number of rotatable bonds is 4. The fraction of sp³-hybridized carbons (Fsp3) is 0.308. The van der Waals surface area contributed by atoms with Gasteiger partial charge in [0.25, 0.3) is 0 Å². The van der Waals surface area contributed by atoms with E-state index in [-0.39, 0.29) is 18.1 Å². The predicted octanol–water partition coefficient (Wildman–Crippen LogP) is 2.64. The summed E-state index contributed by atoms with van der Waals surface area (Å²) in [5.41, 5.74) is 1.32. The first-order valence-corrected chi connectivity index (χ1v) is 5.63. The van der Waals surface area contributed by atoms with E-state index in [1.165, 1.54) is 18.4 Å². The summed E-state index contributed by atoms with van der Waals surface area (Å²) in [6.45, 7) is 2.64. The molecule has 0 spiro atoms. The van der Waals surface area contributed by atoms with E-state index in [1.54, 1.807) is 6.07 Å². The van der Waals surface area contributed by atoms with Gasteiger partial charge in [0.15, 0.2) is 0 Å². The number of hydrogen-bond donors (Lipinski definition) is 1. The van der Waals surface area contributed by atoms with Crippen molar-refractivity contribution >= 4 is 16.9 Å². The van der Waals surface area contributed by atoms with Crippen molar-refractivity contribution in [1.82, 2.24) is 5.32 Å². The normalized spacial score (nSPS) is 10.7. The van der Waals surface area contributed by atoms with Gasteiger partial charge in [-0.3, -0.25) is 4.79 Å². The Bertz CT molecular complexity index is 533. The highest BCUT2D eigenvalue weighted by molar-refractivity contribution is 5.87. The molecule has 1 aromatic carbocycles. The van der Waals surface area contributed by atoms with Gasteiger partial charge >= 0.3 is 0 Å². The Hall–Kier alpha value is -1.84. The van der Waals surface area contributed by atoms with Gasteiger partial charge in [-0.2, -0.15) is 0 Å². The molecule has 0 saturated heterocycles. The number of furan rings is 1. The van der Waals surface area contributed by atoms with Crippen LogP contribution in [0.15, 0.2) is 28.9 Å². The molecular formula is C13H14FNO2. The molecule has 4 heteroatoms. The van der Waals surface area contributed by atoms with E-state index in [2.05, 4.69) is 5.32 Å². The van der Waals surface area contributed by atoms with Crippen molar-refractivity contribution in [3.8, 4) is 0 Å². The SMILES string of the molecule is CCCNC(=O)Cc1coc2ccc(F)cc12. The molecule has 1 amide bonds. The maximum Gasteiger partial charge on any atom is 0.224 e. The third kappa shape index (κ3) is 2.64. The van der Waals surface area contributed by atoms with E-state index in [0.717, 1.165) is 6.42 Å². The third-order valence-electron chi connectivity index (χ3n) is 2.54. The first-order chi connectivity index (χ1) is 8.20. The van der Waals surface area contributed by atoms with Gasteiger partial charge < -0.3 is 9.73 Å². The molecule has 2 rings (SSSR count). The van der Waals surface area contributed by atoms with Crippen LogP contribution >= 0.6 is 0 Å². The van der Waals surface area contributed by atoms with Gasteiger partial charge in [-0.05, 0) is 24.6 Å². The third-order valence-corrected chi connectivity index (χ3v) is 2.54. The second kappa shape index (κ2) is 4.99. The molecule has 0 radical (unpaired) electrons. The molecule has 1 N–H and O–H groups in total. The molecule has 0 aliphatic carbocycles. The van der Waals surface area contributed by atoms with Gasteiger partial charge in [0, 0.05) is 17.5 Å². The van der Waals surface area contributed by atoms with Crippen LogP contribution in [0.4, 0.5) is 4.39 Å². The Morgan fingerprint density at radius 1 is 1.47 bits per heavy atom. The molecule has 90 valence electrons. The number of carbonyl (C=O) groups is 1. The molecule has 0 atom stereocenters. The Kier molecular flexibility index (Phi) is 3.42. The van der Waals surface area contributed by atoms with Crippen LogP contribution in [0.25, 0.3) is 11.0 Å². The first kappa shape index (κ1) is 11.6. The van der Waals surface area contributed by atoms with Crippen LogP contribution in [-0.4, -0.2) is 12.5 Å². The predicted molar refractivity (Wildman–Crippen MR) is 63.2 cm³/mol. The van der Waals surface area contributed by atoms with Crippen LogP contribution in [-0.2, 0) is 11.2 Å². The number of hydrogen-bond acceptors (Lipinski definition) is 2. The summed E-state index contributed by atoms with van der Waals surface area (Å²) >= 11 is 0. The first-order valence-electron chi connectivity index (χ1n) is 5.63. The van der Waals surface area contributed by atoms with E-state index >= 15 is 0 Å². The molecule has 0 aliphatic heterocycles. The molecule has 17 heavy (non-hydrogen) atoms. The maximum atomic E-state index is 13.1. The monoisotopic (exact) mass is 235 g/mol. The molecular weight excluding hydrogens is 221 g/mol. The second-order valence-electron chi connectivity index (χ2n) is 3.93. The Labute approximate surface area is 98.6 Å². The highest BCUT2D eigenvalue weighted by atomic mass is 19.1. The highest BCUT2D eigenvalue weighted by Crippen LogP contribution is 2.22. The highest BCUT2D eigenvalue weighted by Gasteiger charge is 2.10. The number of fused-ring (bicyclic) bond motifs is 1. The fourth-order valence-electron chi connectivity index (χ4n) is 1.69. The maximum absolute atomic E-state index is 13.1. The van der Waals surface area contributed by atoms with E-state index in [1.807, 2.05) is 6.92 Å². The standard InChI is InChI=1S/C13H14FNO2/c1-2-5-15-13(16)6-9-8-17-12-4-3-10(14)7-11(9)12/h3-4,7-8H,2,5-6H2,1H3,(H,15,16). The summed E-state index contributed by atoms with van der Waals surface area (Å²) in [7, 11) is 0. The van der Waals surface area contributed by atoms with Crippen LogP contribution in [0, 0.1) is 5.82 Å². The smallest absolute Gasteiger partial charge is 0.224 e. The summed E-state index contributed by atoms with van der Waals surface area (Å²) in [4.78, 5) is 11.6. The minimum atomic E-state index is -0.325. The Morgan fingerprint density at radius 2 is 2.29 bits per heavy atom. The molecule has 0 bridgehead atoms. The molecule has 3 nitrogen and oxygen atoms in total. The quantitative estimate of drug-likeness (QED) is 0.885. The second-order valence-corrected chi connectivity index (χ2v) is 3.93. The zero-order valence-electron chi connectivity index (χ0n) is 9.63. The van der Waals surface area contributed by atoms with E-state index in [9.17, 15) is 9.18 Å². The largest absolute Gasteiger partial charge is 0.464 e. The van der Waals surface area contributed by atoms with Crippen LogP contribution in [0.3, 0.4) is 0 Å². The Balaban J connectivity index is 2.18. The van der Waals surface area contributed by atoms with E-state index in [4.69, 9.17) is 4.42 Å². The van der Waals surface area contributed by atoms with Gasteiger partial charge in [0.05, 0.1) is 12.7 Å². The van der Waals surface area contributed by atoms with Gasteiger partial charge in [0.1, 0.15) is 11.4 Å². The lowest BCUT2D eigenvalue weighted by Crippen LogP contribution is -2.25. The fourth-order valence-corrected chi connectivity index (χ4v) is 1.69. The topological polar surface area (TPSA) is 42.2 Å². The number of carbonyl (C=O) groups excluding carboxylic acids is 1.